The van der Waals surface area contributed by atoms with Crippen molar-refractivity contribution in [3.63, 3.8) is 0 Å². The molecule has 0 fully saturated rings. The molecule has 0 N–H and O–H groups in total. The van der Waals surface area contributed by atoms with Gasteiger partial charge < -0.3 is 4.57 Å². The van der Waals surface area contributed by atoms with E-state index in [1.54, 1.807) is 18.6 Å². The van der Waals surface area contributed by atoms with Gasteiger partial charge in [0.25, 0.3) is 0 Å². The second-order valence-electron chi connectivity index (χ2n) is 12.8. The molecule has 7 heteroatoms. The minimum absolute atomic E-state index is 0.827. The third-order valence-corrected chi connectivity index (χ3v) is 9.73. The Morgan fingerprint density at radius 1 is 0.340 bits per heavy atom. The highest BCUT2D eigenvalue weighted by Gasteiger charge is 2.20. The Labute approximate surface area is 305 Å². The molecule has 7 heterocycles. The van der Waals surface area contributed by atoms with Crippen LogP contribution in [0.15, 0.2) is 177 Å². The zero-order chi connectivity index (χ0) is 35.1. The summed E-state index contributed by atoms with van der Waals surface area (Å²) >= 11 is 0. The van der Waals surface area contributed by atoms with Crippen molar-refractivity contribution in [2.45, 2.75) is 0 Å². The molecule has 0 bridgehead atoms. The molecule has 0 saturated carbocycles. The van der Waals surface area contributed by atoms with Gasteiger partial charge >= 0.3 is 0 Å². The van der Waals surface area contributed by atoms with E-state index in [0.717, 1.165) is 94.7 Å². The molecule has 0 aliphatic heterocycles. The molecule has 248 valence electrons. The van der Waals surface area contributed by atoms with Crippen molar-refractivity contribution in [1.82, 2.24) is 34.5 Å². The zero-order valence-electron chi connectivity index (χ0n) is 28.4. The summed E-state index contributed by atoms with van der Waals surface area (Å²) in [6, 6.07) is 47.7. The van der Waals surface area contributed by atoms with Crippen LogP contribution in [0, 0.1) is 0 Å². The quantitative estimate of drug-likeness (QED) is 0.174. The molecule has 3 aromatic carbocycles. The lowest BCUT2D eigenvalue weighted by Crippen LogP contribution is -1.97. The van der Waals surface area contributed by atoms with Gasteiger partial charge in [0.1, 0.15) is 0 Å². The third kappa shape index (κ3) is 5.39. The molecule has 7 aromatic heterocycles. The van der Waals surface area contributed by atoms with Crippen LogP contribution >= 0.6 is 0 Å². The summed E-state index contributed by atoms with van der Waals surface area (Å²) in [5, 5.41) is 4.55. The largest absolute Gasteiger partial charge is 0.307 e. The molecule has 7 nitrogen and oxygen atoms in total. The molecule has 0 atom stereocenters. The molecule has 0 amide bonds. The second kappa shape index (κ2) is 12.7. The zero-order valence-corrected chi connectivity index (χ0v) is 28.4. The van der Waals surface area contributed by atoms with Crippen molar-refractivity contribution >= 4 is 32.6 Å². The Balaban J connectivity index is 1.18. The first-order valence-corrected chi connectivity index (χ1v) is 17.4. The molecule has 0 unspecified atom stereocenters. The fourth-order valence-electron chi connectivity index (χ4n) is 7.19. The normalized spacial score (nSPS) is 11.4. The topological polar surface area (TPSA) is 82.3 Å². The van der Waals surface area contributed by atoms with Gasteiger partial charge in [0.2, 0.25) is 0 Å². The van der Waals surface area contributed by atoms with Gasteiger partial charge in [-0.15, -0.1) is 0 Å². The number of aromatic nitrogens is 7. The van der Waals surface area contributed by atoms with Crippen LogP contribution in [0.3, 0.4) is 0 Å². The van der Waals surface area contributed by atoms with Crippen molar-refractivity contribution in [2.75, 3.05) is 0 Å². The smallest absolute Gasteiger partial charge is 0.0887 e. The Hall–Kier alpha value is -7.38. The second-order valence-corrected chi connectivity index (χ2v) is 12.8. The molecule has 0 spiro atoms. The number of fused-ring (bicyclic) bond motifs is 5. The molecule has 10 rings (SSSR count). The molecule has 53 heavy (non-hydrogen) atoms. The molecule has 10 aromatic rings. The Morgan fingerprint density at radius 3 is 1.42 bits per heavy atom. The highest BCUT2D eigenvalue weighted by Crippen LogP contribution is 2.42. The van der Waals surface area contributed by atoms with Crippen LogP contribution in [-0.4, -0.2) is 34.5 Å². The van der Waals surface area contributed by atoms with E-state index >= 15 is 0 Å². The van der Waals surface area contributed by atoms with E-state index < -0.39 is 0 Å². The van der Waals surface area contributed by atoms with Crippen molar-refractivity contribution in [3.8, 4) is 62.1 Å². The van der Waals surface area contributed by atoms with Crippen LogP contribution < -0.4 is 0 Å². The summed E-state index contributed by atoms with van der Waals surface area (Å²) in [5.74, 6) is 0. The molecule has 0 saturated heterocycles. The maximum Gasteiger partial charge on any atom is 0.0887 e. The summed E-state index contributed by atoms with van der Waals surface area (Å²) in [5.41, 5.74) is 12.5. The molecule has 0 aliphatic carbocycles. The molecule has 0 radical (unpaired) electrons. The maximum absolute atomic E-state index is 4.89. The van der Waals surface area contributed by atoms with Crippen molar-refractivity contribution in [2.24, 2.45) is 0 Å². The van der Waals surface area contributed by atoms with Gasteiger partial charge in [-0.3, -0.25) is 29.9 Å². The minimum atomic E-state index is 0.827. The first-order chi connectivity index (χ1) is 26.3. The molecular weight excluding hydrogens is 651 g/mol. The molecular formula is C46H29N7. The van der Waals surface area contributed by atoms with E-state index in [0.29, 0.717) is 0 Å². The third-order valence-electron chi connectivity index (χ3n) is 9.73. The Kier molecular flexibility index (Phi) is 7.32. The predicted molar refractivity (Wildman–Crippen MR) is 212 cm³/mol. The Bertz CT molecular complexity index is 2890. The minimum Gasteiger partial charge on any atom is -0.307 e. The van der Waals surface area contributed by atoms with E-state index in [4.69, 9.17) is 15.0 Å². The summed E-state index contributed by atoms with van der Waals surface area (Å²) < 4.78 is 2.33. The van der Waals surface area contributed by atoms with Gasteiger partial charge in [0.15, 0.2) is 0 Å². The fourth-order valence-corrected chi connectivity index (χ4v) is 7.19. The maximum atomic E-state index is 4.89. The van der Waals surface area contributed by atoms with E-state index in [-0.39, 0.29) is 0 Å². The van der Waals surface area contributed by atoms with Crippen LogP contribution in [0.25, 0.3) is 94.7 Å². The van der Waals surface area contributed by atoms with Crippen LogP contribution in [0.5, 0.6) is 0 Å². The highest BCUT2D eigenvalue weighted by atomic mass is 15.0. The number of nitrogens with zero attached hydrogens (tertiary/aromatic N) is 7. The van der Waals surface area contributed by atoms with Crippen molar-refractivity contribution < 1.29 is 0 Å². The number of hydrogen-bond acceptors (Lipinski definition) is 6. The predicted octanol–water partition coefficient (Wildman–Crippen LogP) is 10.6. The van der Waals surface area contributed by atoms with Gasteiger partial charge in [-0.1, -0.05) is 60.7 Å². The molecule has 0 aliphatic rings. The highest BCUT2D eigenvalue weighted by molar-refractivity contribution is 6.22. The average Bonchev–Trinajstić information content (AvgIpc) is 3.58. The summed E-state index contributed by atoms with van der Waals surface area (Å²) in [7, 11) is 0. The number of hydrogen-bond donors (Lipinski definition) is 0. The van der Waals surface area contributed by atoms with Crippen LogP contribution in [0.2, 0.25) is 0 Å². The van der Waals surface area contributed by atoms with Gasteiger partial charge in [0, 0.05) is 58.3 Å². The summed E-state index contributed by atoms with van der Waals surface area (Å²) in [6.07, 6.45) is 11.2. The van der Waals surface area contributed by atoms with Gasteiger partial charge in [-0.2, -0.15) is 0 Å². The van der Waals surface area contributed by atoms with Crippen molar-refractivity contribution in [3.05, 3.63) is 177 Å². The lowest BCUT2D eigenvalue weighted by molar-refractivity contribution is 1.14. The first kappa shape index (κ1) is 30.4. The lowest BCUT2D eigenvalue weighted by Gasteiger charge is -2.13. The van der Waals surface area contributed by atoms with E-state index in [2.05, 4.69) is 92.3 Å². The SMILES string of the molecule is c1ccc(-c2ccc(-c3ccc4c(c3)c3cc(-c5ccc(-c6ccccn6)nc5)c5ccccc5c3n4-c3ccc(-c4ccccn4)nc3)cn2)nc1. The lowest BCUT2D eigenvalue weighted by atomic mass is 9.95. The fraction of sp³-hybridized carbons (Fsp3) is 0. The summed E-state index contributed by atoms with van der Waals surface area (Å²) in [4.78, 5) is 28.0. The number of benzene rings is 3. The van der Waals surface area contributed by atoms with Crippen LogP contribution in [-0.2, 0) is 0 Å². The standard InChI is InChI=1S/C46H29N7/c1-2-10-35-34(9-1)36(32-15-19-43(51-28-32)40-12-4-7-23-48-40)26-38-37-25-30(31-14-18-42(50-27-31)39-11-3-6-22-47-39)16-21-45(37)53(46(35)38)33-17-20-44(52-29-33)41-13-5-8-24-49-41/h1-29H. The Morgan fingerprint density at radius 2 is 0.868 bits per heavy atom. The van der Waals surface area contributed by atoms with Crippen LogP contribution in [0.4, 0.5) is 0 Å². The number of pyridine rings is 6. The monoisotopic (exact) mass is 679 g/mol. The van der Waals surface area contributed by atoms with Gasteiger partial charge in [-0.05, 0) is 95.4 Å². The summed E-state index contributed by atoms with van der Waals surface area (Å²) in [6.45, 7) is 0. The van der Waals surface area contributed by atoms with Gasteiger partial charge in [-0.25, -0.2) is 0 Å². The van der Waals surface area contributed by atoms with Gasteiger partial charge in [0.05, 0.1) is 57.1 Å². The van der Waals surface area contributed by atoms with E-state index in [1.807, 2.05) is 85.3 Å². The number of rotatable bonds is 6. The first-order valence-electron chi connectivity index (χ1n) is 17.4. The van der Waals surface area contributed by atoms with E-state index in [1.165, 1.54) is 0 Å². The van der Waals surface area contributed by atoms with E-state index in [9.17, 15) is 0 Å². The average molecular weight is 680 g/mol. The van der Waals surface area contributed by atoms with Crippen molar-refractivity contribution in [1.29, 1.82) is 0 Å². The van der Waals surface area contributed by atoms with Crippen LogP contribution in [0.1, 0.15) is 0 Å².